The van der Waals surface area contributed by atoms with Gasteiger partial charge in [0.2, 0.25) is 0 Å². The fourth-order valence-electron chi connectivity index (χ4n) is 2.93. The molecule has 1 atom stereocenters. The average Bonchev–Trinajstić information content (AvgIpc) is 3.10. The molecule has 0 aliphatic carbocycles. The number of phenolic OH excluding ortho intramolecular Hbond substituents is 1. The number of pyridine rings is 2. The van der Waals surface area contributed by atoms with E-state index in [0.717, 1.165) is 5.76 Å². The molecule has 0 amide bonds. The Bertz CT molecular complexity index is 1060. The molecule has 0 aliphatic rings. The molecule has 0 radical (unpaired) electrons. The Hall–Kier alpha value is -3.05. The van der Waals surface area contributed by atoms with Crippen LogP contribution in [-0.4, -0.2) is 15.1 Å². The first-order valence-electron chi connectivity index (χ1n) is 8.13. The summed E-state index contributed by atoms with van der Waals surface area (Å²) in [5.74, 6) is 2.14. The van der Waals surface area contributed by atoms with E-state index < -0.39 is 6.04 Å². The Morgan fingerprint density at radius 3 is 2.65 bits per heavy atom. The molecule has 0 spiro atoms. The molecule has 130 valence electrons. The number of anilines is 1. The van der Waals surface area contributed by atoms with Crippen molar-refractivity contribution in [1.82, 2.24) is 9.97 Å². The summed E-state index contributed by atoms with van der Waals surface area (Å²) in [6.07, 6.45) is 3.32. The Kier molecular flexibility index (Phi) is 4.22. The zero-order valence-corrected chi connectivity index (χ0v) is 14.7. The molecule has 4 rings (SSSR count). The van der Waals surface area contributed by atoms with Crippen LogP contribution in [0.5, 0.6) is 5.75 Å². The van der Waals surface area contributed by atoms with Gasteiger partial charge < -0.3 is 14.8 Å². The normalized spacial score (nSPS) is 12.2. The highest BCUT2D eigenvalue weighted by Crippen LogP contribution is 2.39. The Labute approximate surface area is 155 Å². The molecule has 0 saturated heterocycles. The summed E-state index contributed by atoms with van der Waals surface area (Å²) in [4.78, 5) is 8.59. The van der Waals surface area contributed by atoms with Crippen molar-refractivity contribution in [3.05, 3.63) is 83.0 Å². The zero-order valence-electron chi connectivity index (χ0n) is 14.0. The van der Waals surface area contributed by atoms with Crippen molar-refractivity contribution in [1.29, 1.82) is 0 Å². The number of rotatable bonds is 4. The van der Waals surface area contributed by atoms with Gasteiger partial charge in [-0.25, -0.2) is 4.98 Å². The van der Waals surface area contributed by atoms with E-state index in [1.807, 2.05) is 43.3 Å². The molecular weight excluding hydrogens is 350 g/mol. The Morgan fingerprint density at radius 1 is 1.08 bits per heavy atom. The van der Waals surface area contributed by atoms with Crippen LogP contribution in [0, 0.1) is 6.92 Å². The SMILES string of the molecule is Cc1ccc(C(Nc2ccccn2)c2cc(Cl)c3cccnc3c2O)o1. The number of nitrogens with one attached hydrogen (secondary N) is 1. The van der Waals surface area contributed by atoms with Crippen molar-refractivity contribution < 1.29 is 9.52 Å². The number of aryl methyl sites for hydroxylation is 1. The minimum absolute atomic E-state index is 0.0625. The molecule has 0 saturated carbocycles. The van der Waals surface area contributed by atoms with Gasteiger partial charge in [0.1, 0.15) is 34.6 Å². The van der Waals surface area contributed by atoms with E-state index in [1.54, 1.807) is 24.5 Å². The third kappa shape index (κ3) is 2.97. The van der Waals surface area contributed by atoms with Gasteiger partial charge in [0.25, 0.3) is 0 Å². The second-order valence-corrected chi connectivity index (χ2v) is 6.34. The number of aromatic hydroxyl groups is 1. The molecule has 3 aromatic heterocycles. The maximum absolute atomic E-state index is 10.9. The highest BCUT2D eigenvalue weighted by molar-refractivity contribution is 6.35. The maximum atomic E-state index is 10.9. The van der Waals surface area contributed by atoms with Crippen LogP contribution in [0.3, 0.4) is 0 Å². The number of fused-ring (bicyclic) bond motifs is 1. The fourth-order valence-corrected chi connectivity index (χ4v) is 3.20. The molecule has 26 heavy (non-hydrogen) atoms. The summed E-state index contributed by atoms with van der Waals surface area (Å²) < 4.78 is 5.81. The number of benzene rings is 1. The number of halogens is 1. The van der Waals surface area contributed by atoms with E-state index >= 15 is 0 Å². The largest absolute Gasteiger partial charge is 0.505 e. The first-order valence-corrected chi connectivity index (χ1v) is 8.51. The number of phenols is 1. The van der Waals surface area contributed by atoms with E-state index in [9.17, 15) is 5.11 Å². The molecule has 2 N–H and O–H groups in total. The summed E-state index contributed by atoms with van der Waals surface area (Å²) in [5, 5.41) is 15.4. The molecule has 1 unspecified atom stereocenters. The van der Waals surface area contributed by atoms with Crippen molar-refractivity contribution in [2.45, 2.75) is 13.0 Å². The van der Waals surface area contributed by atoms with Gasteiger partial charge in [-0.15, -0.1) is 0 Å². The van der Waals surface area contributed by atoms with Crippen molar-refractivity contribution in [2.75, 3.05) is 5.32 Å². The third-order valence-corrected chi connectivity index (χ3v) is 4.47. The second kappa shape index (κ2) is 6.69. The van der Waals surface area contributed by atoms with Crippen molar-refractivity contribution in [3.8, 4) is 5.75 Å². The van der Waals surface area contributed by atoms with E-state index in [0.29, 0.717) is 33.1 Å². The molecule has 0 fully saturated rings. The summed E-state index contributed by atoms with van der Waals surface area (Å²) >= 11 is 6.45. The second-order valence-electron chi connectivity index (χ2n) is 5.94. The fraction of sp³-hybridized carbons (Fsp3) is 0.100. The predicted molar refractivity (Wildman–Crippen MR) is 102 cm³/mol. The lowest BCUT2D eigenvalue weighted by Gasteiger charge is -2.20. The van der Waals surface area contributed by atoms with Crippen molar-refractivity contribution in [2.24, 2.45) is 0 Å². The molecule has 0 aliphatic heterocycles. The van der Waals surface area contributed by atoms with E-state index in [-0.39, 0.29) is 5.75 Å². The van der Waals surface area contributed by atoms with Crippen molar-refractivity contribution in [3.63, 3.8) is 0 Å². The van der Waals surface area contributed by atoms with Gasteiger partial charge >= 0.3 is 0 Å². The van der Waals surface area contributed by atoms with Gasteiger partial charge in [-0.1, -0.05) is 17.7 Å². The molecule has 6 heteroatoms. The number of aromatic nitrogens is 2. The minimum Gasteiger partial charge on any atom is -0.505 e. The first-order chi connectivity index (χ1) is 12.6. The molecule has 5 nitrogen and oxygen atoms in total. The lowest BCUT2D eigenvalue weighted by atomic mass is 10.0. The van der Waals surface area contributed by atoms with Gasteiger partial charge in [0.15, 0.2) is 0 Å². The van der Waals surface area contributed by atoms with Gasteiger partial charge in [-0.3, -0.25) is 4.98 Å². The first kappa shape index (κ1) is 16.4. The highest BCUT2D eigenvalue weighted by atomic mass is 35.5. The van der Waals surface area contributed by atoms with Crippen LogP contribution in [0.4, 0.5) is 5.82 Å². The average molecular weight is 366 g/mol. The topological polar surface area (TPSA) is 71.2 Å². The van der Waals surface area contributed by atoms with Crippen LogP contribution >= 0.6 is 11.6 Å². The maximum Gasteiger partial charge on any atom is 0.147 e. The third-order valence-electron chi connectivity index (χ3n) is 4.16. The van der Waals surface area contributed by atoms with Gasteiger partial charge in [-0.05, 0) is 49.4 Å². The van der Waals surface area contributed by atoms with Crippen LogP contribution < -0.4 is 5.32 Å². The van der Waals surface area contributed by atoms with Gasteiger partial charge in [-0.2, -0.15) is 0 Å². The quantitative estimate of drug-likeness (QED) is 0.527. The van der Waals surface area contributed by atoms with E-state index in [2.05, 4.69) is 15.3 Å². The van der Waals surface area contributed by atoms with E-state index in [1.165, 1.54) is 0 Å². The number of hydrogen-bond acceptors (Lipinski definition) is 5. The summed E-state index contributed by atoms with van der Waals surface area (Å²) in [6.45, 7) is 1.87. The number of nitrogens with zero attached hydrogens (tertiary/aromatic N) is 2. The summed E-state index contributed by atoms with van der Waals surface area (Å²) in [5.41, 5.74) is 1.02. The predicted octanol–water partition coefficient (Wildman–Crippen LogP) is 5.09. The standard InChI is InChI=1S/C20H16ClN3O2/c1-12-7-8-16(26-12)18(24-17-6-2-3-9-22-17)14-11-15(21)13-5-4-10-23-19(13)20(14)25/h2-11,18,25H,1H3,(H,22,24). The van der Waals surface area contributed by atoms with Crippen molar-refractivity contribution >= 4 is 28.3 Å². The minimum atomic E-state index is -0.470. The summed E-state index contributed by atoms with van der Waals surface area (Å²) in [6, 6.07) is 14.2. The Balaban J connectivity index is 1.89. The van der Waals surface area contributed by atoms with Crippen LogP contribution in [0.2, 0.25) is 5.02 Å². The van der Waals surface area contributed by atoms with E-state index in [4.69, 9.17) is 16.0 Å². The molecular formula is C20H16ClN3O2. The van der Waals surface area contributed by atoms with Gasteiger partial charge in [0.05, 0.1) is 5.02 Å². The molecule has 4 aromatic rings. The van der Waals surface area contributed by atoms with Gasteiger partial charge in [0, 0.05) is 23.3 Å². The molecule has 1 aromatic carbocycles. The molecule has 0 bridgehead atoms. The smallest absolute Gasteiger partial charge is 0.147 e. The van der Waals surface area contributed by atoms with Crippen LogP contribution in [0.25, 0.3) is 10.9 Å². The zero-order chi connectivity index (χ0) is 18.1. The number of furan rings is 1. The van der Waals surface area contributed by atoms with Crippen LogP contribution in [0.15, 0.2) is 65.3 Å². The van der Waals surface area contributed by atoms with Crippen LogP contribution in [0.1, 0.15) is 23.1 Å². The monoisotopic (exact) mass is 365 g/mol. The lowest BCUT2D eigenvalue weighted by Crippen LogP contribution is -2.13. The lowest BCUT2D eigenvalue weighted by molar-refractivity contribution is 0.450. The Morgan fingerprint density at radius 2 is 1.92 bits per heavy atom. The van der Waals surface area contributed by atoms with Crippen LogP contribution in [-0.2, 0) is 0 Å². The summed E-state index contributed by atoms with van der Waals surface area (Å²) in [7, 11) is 0. The highest BCUT2D eigenvalue weighted by Gasteiger charge is 2.24. The number of hydrogen-bond donors (Lipinski definition) is 2. The molecule has 3 heterocycles.